The number of hydrogen-bond acceptors (Lipinski definition) is 3. The zero-order valence-corrected chi connectivity index (χ0v) is 14.1. The predicted molar refractivity (Wildman–Crippen MR) is 91.5 cm³/mol. The fourth-order valence-electron chi connectivity index (χ4n) is 2.20. The Labute approximate surface area is 141 Å². The van der Waals surface area contributed by atoms with Gasteiger partial charge >= 0.3 is 0 Å². The van der Waals surface area contributed by atoms with E-state index in [0.717, 1.165) is 5.56 Å². The summed E-state index contributed by atoms with van der Waals surface area (Å²) in [6.07, 6.45) is 3.71. The van der Waals surface area contributed by atoms with Crippen LogP contribution in [0.15, 0.2) is 53.8 Å². The lowest BCUT2D eigenvalue weighted by molar-refractivity contribution is -0.692. The highest BCUT2D eigenvalue weighted by atomic mass is 35.5. The summed E-state index contributed by atoms with van der Waals surface area (Å²) in [5.74, 6) is -0.150. The van der Waals surface area contributed by atoms with Gasteiger partial charge in [-0.05, 0) is 37.1 Å². The molecule has 1 aromatic carbocycles. The summed E-state index contributed by atoms with van der Waals surface area (Å²) in [6.45, 7) is 4.40. The van der Waals surface area contributed by atoms with Crippen molar-refractivity contribution in [2.75, 3.05) is 6.54 Å². The van der Waals surface area contributed by atoms with E-state index in [-0.39, 0.29) is 5.78 Å². The molecule has 3 nitrogen and oxygen atoms in total. The second-order valence-electron chi connectivity index (χ2n) is 4.89. The SMILES string of the molecule is CCN=C([S-])C(C(=O)c1ccccc1Cl)[n+]1cccc(C)c1. The second-order valence-corrected chi connectivity index (χ2v) is 5.71. The van der Waals surface area contributed by atoms with Crippen molar-refractivity contribution in [2.45, 2.75) is 19.9 Å². The van der Waals surface area contributed by atoms with E-state index in [1.807, 2.05) is 38.4 Å². The Morgan fingerprint density at radius 3 is 2.68 bits per heavy atom. The van der Waals surface area contributed by atoms with Crippen LogP contribution in [-0.2, 0) is 12.6 Å². The molecule has 0 amide bonds. The van der Waals surface area contributed by atoms with Crippen molar-refractivity contribution in [3.8, 4) is 0 Å². The van der Waals surface area contributed by atoms with Crippen molar-refractivity contribution in [1.82, 2.24) is 0 Å². The highest BCUT2D eigenvalue weighted by molar-refractivity contribution is 7.77. The van der Waals surface area contributed by atoms with Gasteiger partial charge in [-0.15, -0.1) is 0 Å². The van der Waals surface area contributed by atoms with Gasteiger partial charge in [-0.2, -0.15) is 4.57 Å². The van der Waals surface area contributed by atoms with Crippen LogP contribution in [0.4, 0.5) is 0 Å². The van der Waals surface area contributed by atoms with Gasteiger partial charge in [-0.1, -0.05) is 23.7 Å². The van der Waals surface area contributed by atoms with Crippen LogP contribution in [0.1, 0.15) is 28.9 Å². The number of nitrogens with zero attached hydrogens (tertiary/aromatic N) is 2. The number of carbonyl (C=O) groups is 1. The summed E-state index contributed by atoms with van der Waals surface area (Å²) in [4.78, 5) is 17.2. The Hall–Kier alpha value is -1.78. The summed E-state index contributed by atoms with van der Waals surface area (Å²) in [5.41, 5.74) is 1.50. The zero-order valence-electron chi connectivity index (χ0n) is 12.5. The Morgan fingerprint density at radius 1 is 1.32 bits per heavy atom. The van der Waals surface area contributed by atoms with E-state index in [0.29, 0.717) is 22.2 Å². The van der Waals surface area contributed by atoms with Gasteiger partial charge in [0.1, 0.15) is 0 Å². The van der Waals surface area contributed by atoms with Crippen LogP contribution in [0.2, 0.25) is 5.02 Å². The first kappa shape index (κ1) is 16.6. The molecular formula is C17H17ClN2OS. The molecule has 0 fully saturated rings. The third-order valence-corrected chi connectivity index (χ3v) is 3.89. The van der Waals surface area contributed by atoms with Gasteiger partial charge in [-0.25, -0.2) is 0 Å². The summed E-state index contributed by atoms with van der Waals surface area (Å²) < 4.78 is 1.79. The standard InChI is InChI=1S/C17H17ClN2OS/c1-3-19-17(22)15(20-10-6-7-12(2)11-20)16(21)13-8-4-5-9-14(13)18/h4-11,15H,3H2,1-2H3. The molecule has 0 N–H and O–H groups in total. The molecule has 1 aromatic heterocycles. The van der Waals surface area contributed by atoms with Crippen LogP contribution in [0.5, 0.6) is 0 Å². The molecular weight excluding hydrogens is 316 g/mol. The number of pyridine rings is 1. The molecule has 1 atom stereocenters. The zero-order chi connectivity index (χ0) is 16.1. The number of aromatic nitrogens is 1. The van der Waals surface area contributed by atoms with Crippen molar-refractivity contribution in [3.05, 3.63) is 64.9 Å². The summed E-state index contributed by atoms with van der Waals surface area (Å²) >= 11 is 11.5. The average molecular weight is 333 g/mol. The Bertz CT molecular complexity index is 715. The summed E-state index contributed by atoms with van der Waals surface area (Å²) in [7, 11) is 0. The Kier molecular flexibility index (Phi) is 5.63. The lowest BCUT2D eigenvalue weighted by Gasteiger charge is -2.19. The van der Waals surface area contributed by atoms with E-state index < -0.39 is 6.04 Å². The van der Waals surface area contributed by atoms with Gasteiger partial charge in [0, 0.05) is 23.7 Å². The molecule has 0 aliphatic heterocycles. The number of benzene rings is 1. The molecule has 22 heavy (non-hydrogen) atoms. The Balaban J connectivity index is 2.52. The molecule has 0 saturated carbocycles. The summed E-state index contributed by atoms with van der Waals surface area (Å²) in [6, 6.07) is 10.2. The lowest BCUT2D eigenvalue weighted by Crippen LogP contribution is -2.48. The minimum atomic E-state index is -0.658. The molecule has 1 unspecified atom stereocenters. The van der Waals surface area contributed by atoms with E-state index in [2.05, 4.69) is 4.99 Å². The van der Waals surface area contributed by atoms with Gasteiger partial charge in [0.15, 0.2) is 12.4 Å². The van der Waals surface area contributed by atoms with E-state index in [1.165, 1.54) is 0 Å². The maximum atomic E-state index is 12.9. The maximum Gasteiger partial charge on any atom is 0.237 e. The number of aliphatic imine (C=N–C) groups is 1. The number of halogens is 1. The number of hydrogen-bond donors (Lipinski definition) is 0. The monoisotopic (exact) mass is 332 g/mol. The quantitative estimate of drug-likeness (QED) is 0.277. The van der Waals surface area contributed by atoms with Gasteiger partial charge in [0.25, 0.3) is 0 Å². The highest BCUT2D eigenvalue weighted by Gasteiger charge is 2.29. The molecule has 0 radical (unpaired) electrons. The fraction of sp³-hybridized carbons (Fsp3) is 0.235. The topological polar surface area (TPSA) is 33.3 Å². The maximum absolute atomic E-state index is 12.9. The number of ketones is 1. The summed E-state index contributed by atoms with van der Waals surface area (Å²) in [5, 5.41) is 0.785. The van der Waals surface area contributed by atoms with Gasteiger partial charge in [-0.3, -0.25) is 4.79 Å². The van der Waals surface area contributed by atoms with E-state index in [9.17, 15) is 4.79 Å². The average Bonchev–Trinajstić information content (AvgIpc) is 2.48. The molecule has 1 heterocycles. The lowest BCUT2D eigenvalue weighted by atomic mass is 10.0. The molecule has 2 rings (SSSR count). The number of aryl methyl sites for hydroxylation is 1. The third-order valence-electron chi connectivity index (χ3n) is 3.20. The minimum Gasteiger partial charge on any atom is -0.758 e. The van der Waals surface area contributed by atoms with Crippen LogP contribution in [0.3, 0.4) is 0 Å². The van der Waals surface area contributed by atoms with E-state index in [4.69, 9.17) is 24.2 Å². The number of rotatable bonds is 5. The molecule has 2 aromatic rings. The first-order chi connectivity index (χ1) is 10.5. The fourth-order valence-corrected chi connectivity index (χ4v) is 2.79. The van der Waals surface area contributed by atoms with Crippen LogP contribution >= 0.6 is 11.6 Å². The molecule has 5 heteroatoms. The second kappa shape index (κ2) is 7.47. The Morgan fingerprint density at radius 2 is 2.05 bits per heavy atom. The third kappa shape index (κ3) is 3.70. The normalized spacial score (nSPS) is 13.0. The van der Waals surface area contributed by atoms with Crippen LogP contribution in [0, 0.1) is 6.92 Å². The molecule has 0 saturated heterocycles. The molecule has 0 aliphatic carbocycles. The van der Waals surface area contributed by atoms with Gasteiger partial charge in [0.2, 0.25) is 11.8 Å². The molecule has 0 spiro atoms. The smallest absolute Gasteiger partial charge is 0.237 e. The van der Waals surface area contributed by atoms with Gasteiger partial charge in [0.05, 0.1) is 5.02 Å². The first-order valence-electron chi connectivity index (χ1n) is 7.02. The van der Waals surface area contributed by atoms with Crippen LogP contribution in [0.25, 0.3) is 0 Å². The molecule has 114 valence electrons. The van der Waals surface area contributed by atoms with Crippen molar-refractivity contribution in [2.24, 2.45) is 4.99 Å². The van der Waals surface area contributed by atoms with Crippen molar-refractivity contribution in [3.63, 3.8) is 0 Å². The number of Topliss-reactive ketones (excluding diaryl/α,β-unsaturated/α-hetero) is 1. The first-order valence-corrected chi connectivity index (χ1v) is 7.80. The molecule has 0 bridgehead atoms. The van der Waals surface area contributed by atoms with Crippen molar-refractivity contribution >= 4 is 35.1 Å². The largest absolute Gasteiger partial charge is 0.758 e. The van der Waals surface area contributed by atoms with Crippen LogP contribution in [-0.4, -0.2) is 17.4 Å². The minimum absolute atomic E-state index is 0.150. The van der Waals surface area contributed by atoms with Crippen molar-refractivity contribution < 1.29 is 9.36 Å². The number of carbonyl (C=O) groups excluding carboxylic acids is 1. The predicted octanol–water partition coefficient (Wildman–Crippen LogP) is 3.33. The highest BCUT2D eigenvalue weighted by Crippen LogP contribution is 2.20. The van der Waals surface area contributed by atoms with E-state index in [1.54, 1.807) is 28.8 Å². The van der Waals surface area contributed by atoms with Crippen LogP contribution < -0.4 is 4.57 Å². The van der Waals surface area contributed by atoms with E-state index >= 15 is 0 Å². The van der Waals surface area contributed by atoms with Gasteiger partial charge < -0.3 is 17.6 Å². The molecule has 0 aliphatic rings. The van der Waals surface area contributed by atoms with Crippen molar-refractivity contribution in [1.29, 1.82) is 0 Å².